The maximum absolute atomic E-state index is 12.6. The molecule has 8 nitrogen and oxygen atoms in total. The first-order chi connectivity index (χ1) is 17.0. The third-order valence-electron chi connectivity index (χ3n) is 5.34. The molecule has 0 saturated carbocycles. The van der Waals surface area contributed by atoms with Gasteiger partial charge in [-0.25, -0.2) is 0 Å². The Morgan fingerprint density at radius 2 is 1.17 bits per heavy atom. The number of fused-ring (bicyclic) bond motifs is 2. The molecule has 2 amide bonds. The Balaban J connectivity index is 1.24. The number of carbonyl (C=O) groups is 2. The third-order valence-corrected chi connectivity index (χ3v) is 5.34. The van der Waals surface area contributed by atoms with E-state index in [4.69, 9.17) is 18.9 Å². The second-order valence-corrected chi connectivity index (χ2v) is 7.92. The van der Waals surface area contributed by atoms with Crippen molar-refractivity contribution in [1.29, 1.82) is 0 Å². The highest BCUT2D eigenvalue weighted by atomic mass is 16.7. The van der Waals surface area contributed by atoms with E-state index in [0.29, 0.717) is 34.4 Å². The number of benzene rings is 3. The Morgan fingerprint density at radius 3 is 1.74 bits per heavy atom. The lowest BCUT2D eigenvalue weighted by Gasteiger charge is -2.11. The van der Waals surface area contributed by atoms with Gasteiger partial charge in [0.25, 0.3) is 0 Å². The highest BCUT2D eigenvalue weighted by molar-refractivity contribution is 6.08. The quantitative estimate of drug-likeness (QED) is 0.505. The zero-order valence-electron chi connectivity index (χ0n) is 18.9. The molecule has 0 spiro atoms. The molecule has 0 aliphatic carbocycles. The zero-order valence-corrected chi connectivity index (χ0v) is 18.9. The van der Waals surface area contributed by atoms with Crippen LogP contribution in [-0.4, -0.2) is 25.4 Å². The summed E-state index contributed by atoms with van der Waals surface area (Å²) in [5.74, 6) is 1.98. The molecule has 0 aromatic heterocycles. The Bertz CT molecular complexity index is 1360. The van der Waals surface area contributed by atoms with Gasteiger partial charge in [-0.1, -0.05) is 18.2 Å². The summed E-state index contributed by atoms with van der Waals surface area (Å²) < 4.78 is 21.3. The average molecular weight is 470 g/mol. The number of aryl methyl sites for hydroxylation is 1. The minimum atomic E-state index is -0.335. The molecule has 0 unspecified atom stereocenters. The van der Waals surface area contributed by atoms with Crippen molar-refractivity contribution in [3.8, 4) is 23.0 Å². The van der Waals surface area contributed by atoms with Crippen LogP contribution >= 0.6 is 0 Å². The number of amides is 2. The molecule has 2 heterocycles. The van der Waals surface area contributed by atoms with E-state index in [1.165, 1.54) is 12.2 Å². The van der Waals surface area contributed by atoms with Crippen LogP contribution in [-0.2, 0) is 9.59 Å². The van der Waals surface area contributed by atoms with Crippen LogP contribution in [0.15, 0.2) is 66.7 Å². The molecule has 2 N–H and O–H groups in total. The van der Waals surface area contributed by atoms with Gasteiger partial charge in [0, 0.05) is 12.2 Å². The lowest BCUT2D eigenvalue weighted by molar-refractivity contribution is -0.112. The van der Waals surface area contributed by atoms with E-state index in [1.807, 2.05) is 25.1 Å². The summed E-state index contributed by atoms with van der Waals surface area (Å²) in [5, 5.41) is 5.65. The summed E-state index contributed by atoms with van der Waals surface area (Å²) in [6, 6.07) is 16.3. The maximum Gasteiger partial charge on any atom is 0.248 e. The van der Waals surface area contributed by atoms with E-state index in [0.717, 1.165) is 16.7 Å². The second kappa shape index (κ2) is 9.64. The molecular weight excluding hydrogens is 448 g/mol. The van der Waals surface area contributed by atoms with Crippen LogP contribution in [0.4, 0.5) is 11.4 Å². The largest absolute Gasteiger partial charge is 0.454 e. The van der Waals surface area contributed by atoms with Gasteiger partial charge in [0.2, 0.25) is 25.4 Å². The Kier molecular flexibility index (Phi) is 6.09. The Hall–Kier alpha value is -4.72. The van der Waals surface area contributed by atoms with E-state index in [9.17, 15) is 9.59 Å². The molecule has 176 valence electrons. The van der Waals surface area contributed by atoms with Crippen molar-refractivity contribution in [2.45, 2.75) is 6.92 Å². The number of anilines is 2. The molecule has 3 aromatic carbocycles. The zero-order chi connectivity index (χ0) is 24.2. The first-order valence-electron chi connectivity index (χ1n) is 10.9. The second-order valence-electron chi connectivity index (χ2n) is 7.92. The van der Waals surface area contributed by atoms with Crippen LogP contribution in [0.25, 0.3) is 12.2 Å². The molecule has 0 fully saturated rings. The molecule has 0 bridgehead atoms. The summed E-state index contributed by atoms with van der Waals surface area (Å²) in [7, 11) is 0. The SMILES string of the molecule is Cc1ccc(NC(=O)/C=C\c2ccc3c(c2)OCO3)c(NC(=O)/C=C\c2ccc3c(c2)OCO3)c1. The third kappa shape index (κ3) is 5.27. The van der Waals surface area contributed by atoms with Crippen molar-refractivity contribution in [2.24, 2.45) is 0 Å². The smallest absolute Gasteiger partial charge is 0.248 e. The van der Waals surface area contributed by atoms with E-state index >= 15 is 0 Å². The minimum Gasteiger partial charge on any atom is -0.454 e. The fraction of sp³-hybridized carbons (Fsp3) is 0.111. The number of ether oxygens (including phenoxy) is 4. The highest BCUT2D eigenvalue weighted by Crippen LogP contribution is 2.34. The number of hydrogen-bond acceptors (Lipinski definition) is 6. The molecule has 35 heavy (non-hydrogen) atoms. The predicted octanol–water partition coefficient (Wildman–Crippen LogP) is 4.76. The van der Waals surface area contributed by atoms with Gasteiger partial charge in [-0.3, -0.25) is 9.59 Å². The van der Waals surface area contributed by atoms with Gasteiger partial charge < -0.3 is 29.6 Å². The first-order valence-corrected chi connectivity index (χ1v) is 10.9. The van der Waals surface area contributed by atoms with Gasteiger partial charge in [-0.2, -0.15) is 0 Å². The van der Waals surface area contributed by atoms with Gasteiger partial charge in [0.15, 0.2) is 23.0 Å². The standard InChI is InChI=1S/C27H22N2O6/c1-17-2-7-20(28-26(30)10-5-18-3-8-22-24(13-18)34-15-32-22)21(12-17)29-27(31)11-6-19-4-9-23-25(14-19)35-16-33-23/h2-14H,15-16H2,1H3,(H,28,30)(H,29,31)/b10-5-,11-6-. The van der Waals surface area contributed by atoms with Gasteiger partial charge >= 0.3 is 0 Å². The van der Waals surface area contributed by atoms with Crippen molar-refractivity contribution in [3.63, 3.8) is 0 Å². The van der Waals surface area contributed by atoms with Crippen LogP contribution < -0.4 is 29.6 Å². The van der Waals surface area contributed by atoms with Crippen LogP contribution in [0, 0.1) is 6.92 Å². The lowest BCUT2D eigenvalue weighted by Crippen LogP contribution is -2.13. The van der Waals surface area contributed by atoms with Crippen LogP contribution in [0.2, 0.25) is 0 Å². The predicted molar refractivity (Wildman–Crippen MR) is 132 cm³/mol. The molecule has 8 heteroatoms. The maximum atomic E-state index is 12.6. The average Bonchev–Trinajstić information content (AvgIpc) is 3.51. The summed E-state index contributed by atoms with van der Waals surface area (Å²) >= 11 is 0. The molecule has 0 atom stereocenters. The van der Waals surface area contributed by atoms with Gasteiger partial charge in [0.1, 0.15) is 0 Å². The van der Waals surface area contributed by atoms with Crippen molar-refractivity contribution in [2.75, 3.05) is 24.2 Å². The summed E-state index contributed by atoms with van der Waals surface area (Å²) in [5.41, 5.74) is 3.52. The lowest BCUT2D eigenvalue weighted by atomic mass is 10.1. The van der Waals surface area contributed by atoms with E-state index in [-0.39, 0.29) is 25.4 Å². The summed E-state index contributed by atoms with van der Waals surface area (Å²) in [6.07, 6.45) is 6.20. The van der Waals surface area contributed by atoms with E-state index in [2.05, 4.69) is 10.6 Å². The van der Waals surface area contributed by atoms with Crippen LogP contribution in [0.5, 0.6) is 23.0 Å². The van der Waals surface area contributed by atoms with Gasteiger partial charge in [0.05, 0.1) is 11.4 Å². The number of rotatable bonds is 6. The molecule has 2 aliphatic rings. The molecular formula is C27H22N2O6. The van der Waals surface area contributed by atoms with Crippen molar-refractivity contribution in [1.82, 2.24) is 0 Å². The van der Waals surface area contributed by atoms with Crippen LogP contribution in [0.1, 0.15) is 16.7 Å². The number of nitrogens with one attached hydrogen (secondary N) is 2. The summed E-state index contributed by atoms with van der Waals surface area (Å²) in [6.45, 7) is 2.29. The van der Waals surface area contributed by atoms with Gasteiger partial charge in [-0.15, -0.1) is 0 Å². The fourth-order valence-electron chi connectivity index (χ4n) is 3.60. The van der Waals surface area contributed by atoms with Gasteiger partial charge in [-0.05, 0) is 72.2 Å². The molecule has 2 aliphatic heterocycles. The summed E-state index contributed by atoms with van der Waals surface area (Å²) in [4.78, 5) is 25.1. The fourth-order valence-corrected chi connectivity index (χ4v) is 3.60. The first kappa shape index (κ1) is 22.1. The highest BCUT2D eigenvalue weighted by Gasteiger charge is 2.14. The van der Waals surface area contributed by atoms with Crippen LogP contribution in [0.3, 0.4) is 0 Å². The minimum absolute atomic E-state index is 0.191. The van der Waals surface area contributed by atoms with E-state index < -0.39 is 0 Å². The van der Waals surface area contributed by atoms with E-state index in [1.54, 1.807) is 48.6 Å². The normalized spacial score (nSPS) is 13.4. The Morgan fingerprint density at radius 1 is 0.657 bits per heavy atom. The van der Waals surface area contributed by atoms with Crippen molar-refractivity contribution < 1.29 is 28.5 Å². The molecule has 3 aromatic rings. The molecule has 0 radical (unpaired) electrons. The van der Waals surface area contributed by atoms with Crippen molar-refractivity contribution in [3.05, 3.63) is 83.4 Å². The molecule has 5 rings (SSSR count). The monoisotopic (exact) mass is 470 g/mol. The Labute approximate surface area is 201 Å². The topological polar surface area (TPSA) is 95.1 Å². The number of hydrogen-bond donors (Lipinski definition) is 2. The number of carbonyl (C=O) groups excluding carboxylic acids is 2. The van der Waals surface area contributed by atoms with Crippen molar-refractivity contribution >= 4 is 35.3 Å². The molecule has 0 saturated heterocycles.